The first-order chi connectivity index (χ1) is 15.1. The van der Waals surface area contributed by atoms with Gasteiger partial charge in [0.25, 0.3) is 15.9 Å². The van der Waals surface area contributed by atoms with Crippen molar-refractivity contribution < 1.29 is 22.7 Å². The number of carbonyl (C=O) groups is 2. The zero-order valence-electron chi connectivity index (χ0n) is 18.8. The maximum Gasteiger partial charge on any atom is 0.409 e. The number of piperazine rings is 1. The van der Waals surface area contributed by atoms with Gasteiger partial charge in [-0.15, -0.1) is 0 Å². The molecular weight excluding hydrogens is 430 g/mol. The maximum atomic E-state index is 13.1. The average molecular weight is 460 g/mol. The summed E-state index contributed by atoms with van der Waals surface area (Å²) in [6.45, 7) is 9.07. The largest absolute Gasteiger partial charge is 0.450 e. The molecule has 32 heavy (non-hydrogen) atoms. The van der Waals surface area contributed by atoms with Crippen LogP contribution in [0.1, 0.15) is 34.0 Å². The van der Waals surface area contributed by atoms with Crippen molar-refractivity contribution in [2.75, 3.05) is 37.5 Å². The van der Waals surface area contributed by atoms with E-state index in [2.05, 4.69) is 4.72 Å². The molecule has 9 heteroatoms. The van der Waals surface area contributed by atoms with Crippen LogP contribution in [0, 0.1) is 20.8 Å². The van der Waals surface area contributed by atoms with Crippen LogP contribution in [0.5, 0.6) is 0 Å². The predicted octanol–water partition coefficient (Wildman–Crippen LogP) is 3.33. The predicted molar refractivity (Wildman–Crippen MR) is 122 cm³/mol. The van der Waals surface area contributed by atoms with Gasteiger partial charge in [0.05, 0.1) is 11.5 Å². The Morgan fingerprint density at radius 3 is 2.16 bits per heavy atom. The van der Waals surface area contributed by atoms with E-state index < -0.39 is 10.0 Å². The van der Waals surface area contributed by atoms with Crippen LogP contribution in [0.25, 0.3) is 0 Å². The number of ether oxygens (including phenoxy) is 1. The molecule has 0 aliphatic carbocycles. The fraction of sp³-hybridized carbons (Fsp3) is 0.391. The van der Waals surface area contributed by atoms with Gasteiger partial charge in [0.1, 0.15) is 0 Å². The lowest BCUT2D eigenvalue weighted by molar-refractivity contribution is 0.0570. The van der Waals surface area contributed by atoms with Crippen LogP contribution in [-0.4, -0.2) is 63.0 Å². The van der Waals surface area contributed by atoms with Gasteiger partial charge in [-0.3, -0.25) is 9.52 Å². The molecule has 0 spiro atoms. The zero-order valence-corrected chi connectivity index (χ0v) is 19.7. The van der Waals surface area contributed by atoms with Gasteiger partial charge in [0.2, 0.25) is 0 Å². The van der Waals surface area contributed by atoms with Gasteiger partial charge in [-0.05, 0) is 68.7 Å². The standard InChI is InChI=1S/C23H29N3O5S/c1-5-31-23(28)26-12-10-25(11-13-26)22(27)19-8-6-17(3)21(15-19)32(29,30)24-20-9-7-16(2)18(4)14-20/h6-9,14-15,24H,5,10-13H2,1-4H3. The second-order valence-corrected chi connectivity index (χ2v) is 9.51. The van der Waals surface area contributed by atoms with Gasteiger partial charge >= 0.3 is 6.09 Å². The van der Waals surface area contributed by atoms with Crippen LogP contribution in [0.2, 0.25) is 0 Å². The maximum absolute atomic E-state index is 13.1. The Kier molecular flexibility index (Phi) is 7.08. The van der Waals surface area contributed by atoms with Crippen LogP contribution >= 0.6 is 0 Å². The Morgan fingerprint density at radius 2 is 1.53 bits per heavy atom. The van der Waals surface area contributed by atoms with Crippen molar-refractivity contribution in [3.05, 3.63) is 58.7 Å². The summed E-state index contributed by atoms with van der Waals surface area (Å²) in [6, 6.07) is 10.0. The second-order valence-electron chi connectivity index (χ2n) is 7.86. The van der Waals surface area contributed by atoms with Gasteiger partial charge in [-0.2, -0.15) is 0 Å². The van der Waals surface area contributed by atoms with E-state index in [1.807, 2.05) is 19.9 Å². The summed E-state index contributed by atoms with van der Waals surface area (Å²) >= 11 is 0. The van der Waals surface area contributed by atoms with Crippen molar-refractivity contribution in [2.45, 2.75) is 32.6 Å². The number of amides is 2. The second kappa shape index (κ2) is 9.60. The molecule has 0 aromatic heterocycles. The van der Waals surface area contributed by atoms with Gasteiger partial charge in [-0.1, -0.05) is 12.1 Å². The van der Waals surface area contributed by atoms with E-state index >= 15 is 0 Å². The Hall–Kier alpha value is -3.07. The number of aryl methyl sites for hydroxylation is 3. The highest BCUT2D eigenvalue weighted by Gasteiger charge is 2.27. The lowest BCUT2D eigenvalue weighted by Crippen LogP contribution is -2.50. The van der Waals surface area contributed by atoms with Crippen molar-refractivity contribution in [3.8, 4) is 0 Å². The highest BCUT2D eigenvalue weighted by Crippen LogP contribution is 2.23. The number of benzene rings is 2. The lowest BCUT2D eigenvalue weighted by Gasteiger charge is -2.34. The SMILES string of the molecule is CCOC(=O)N1CCN(C(=O)c2ccc(C)c(S(=O)(=O)Nc3ccc(C)c(C)c3)c2)CC1. The third kappa shape index (κ3) is 5.21. The first-order valence-electron chi connectivity index (χ1n) is 10.5. The Labute approximate surface area is 189 Å². The molecule has 3 rings (SSSR count). The molecule has 1 aliphatic heterocycles. The van der Waals surface area contributed by atoms with E-state index in [4.69, 9.17) is 4.74 Å². The quantitative estimate of drug-likeness (QED) is 0.740. The molecule has 0 unspecified atom stereocenters. The molecule has 2 amide bonds. The molecule has 0 bridgehead atoms. The Morgan fingerprint density at radius 1 is 0.906 bits per heavy atom. The summed E-state index contributed by atoms with van der Waals surface area (Å²) in [6.07, 6.45) is -0.388. The summed E-state index contributed by atoms with van der Waals surface area (Å²) in [5, 5.41) is 0. The highest BCUT2D eigenvalue weighted by atomic mass is 32.2. The number of sulfonamides is 1. The van der Waals surface area contributed by atoms with Crippen molar-refractivity contribution in [1.82, 2.24) is 9.80 Å². The molecule has 1 N–H and O–H groups in total. The van der Waals surface area contributed by atoms with Crippen LogP contribution in [0.15, 0.2) is 41.3 Å². The monoisotopic (exact) mass is 459 g/mol. The molecule has 1 heterocycles. The van der Waals surface area contributed by atoms with Crippen LogP contribution in [0.3, 0.4) is 0 Å². The summed E-state index contributed by atoms with van der Waals surface area (Å²) in [7, 11) is -3.88. The first kappa shape index (κ1) is 23.6. The number of nitrogens with one attached hydrogen (secondary N) is 1. The third-order valence-corrected chi connectivity index (χ3v) is 7.10. The van der Waals surface area contributed by atoms with Crippen LogP contribution in [0.4, 0.5) is 10.5 Å². The normalized spacial score (nSPS) is 14.2. The summed E-state index contributed by atoms with van der Waals surface area (Å²) in [5.41, 5.74) is 3.36. The number of hydrogen-bond acceptors (Lipinski definition) is 5. The molecule has 0 radical (unpaired) electrons. The first-order valence-corrected chi connectivity index (χ1v) is 12.0. The molecular formula is C23H29N3O5S. The third-order valence-electron chi connectivity index (χ3n) is 5.58. The Balaban J connectivity index is 1.77. The minimum atomic E-state index is -3.88. The molecule has 1 fully saturated rings. The lowest BCUT2D eigenvalue weighted by atomic mass is 10.1. The molecule has 0 atom stereocenters. The van der Waals surface area contributed by atoms with E-state index in [1.165, 1.54) is 6.07 Å². The molecule has 1 aliphatic rings. The highest BCUT2D eigenvalue weighted by molar-refractivity contribution is 7.92. The molecule has 0 saturated carbocycles. The van der Waals surface area contributed by atoms with Gasteiger partial charge < -0.3 is 14.5 Å². The minimum Gasteiger partial charge on any atom is -0.450 e. The van der Waals surface area contributed by atoms with Crippen molar-refractivity contribution in [1.29, 1.82) is 0 Å². The number of rotatable bonds is 5. The Bertz CT molecular complexity index is 1120. The summed E-state index contributed by atoms with van der Waals surface area (Å²) < 4.78 is 33.7. The van der Waals surface area contributed by atoms with Crippen LogP contribution in [-0.2, 0) is 14.8 Å². The summed E-state index contributed by atoms with van der Waals surface area (Å²) in [4.78, 5) is 28.1. The molecule has 2 aromatic carbocycles. The van der Waals surface area contributed by atoms with E-state index in [0.717, 1.165) is 11.1 Å². The molecule has 2 aromatic rings. The van der Waals surface area contributed by atoms with Gasteiger partial charge in [0.15, 0.2) is 0 Å². The smallest absolute Gasteiger partial charge is 0.409 e. The molecule has 172 valence electrons. The van der Waals surface area contributed by atoms with Crippen molar-refractivity contribution >= 4 is 27.7 Å². The van der Waals surface area contributed by atoms with E-state index in [0.29, 0.717) is 49.6 Å². The number of anilines is 1. The zero-order chi connectivity index (χ0) is 23.5. The molecule has 1 saturated heterocycles. The van der Waals surface area contributed by atoms with Gasteiger partial charge in [-0.25, -0.2) is 13.2 Å². The fourth-order valence-electron chi connectivity index (χ4n) is 3.53. The topological polar surface area (TPSA) is 96.0 Å². The number of carbonyl (C=O) groups excluding carboxylic acids is 2. The number of hydrogen-bond donors (Lipinski definition) is 1. The van der Waals surface area contributed by atoms with E-state index in [9.17, 15) is 18.0 Å². The average Bonchev–Trinajstić information content (AvgIpc) is 2.76. The minimum absolute atomic E-state index is 0.0618. The number of nitrogens with zero attached hydrogens (tertiary/aromatic N) is 2. The van der Waals surface area contributed by atoms with Crippen molar-refractivity contribution in [2.24, 2.45) is 0 Å². The van der Waals surface area contributed by atoms with E-state index in [-0.39, 0.29) is 16.9 Å². The van der Waals surface area contributed by atoms with Gasteiger partial charge in [0, 0.05) is 37.4 Å². The molecule has 8 nitrogen and oxygen atoms in total. The summed E-state index contributed by atoms with van der Waals surface area (Å²) in [5.74, 6) is -0.267. The van der Waals surface area contributed by atoms with Crippen molar-refractivity contribution in [3.63, 3.8) is 0 Å². The van der Waals surface area contributed by atoms with E-state index in [1.54, 1.807) is 47.9 Å². The fourth-order valence-corrected chi connectivity index (χ4v) is 4.85. The van der Waals surface area contributed by atoms with Crippen LogP contribution < -0.4 is 4.72 Å².